The Hall–Kier alpha value is -0.630. The van der Waals surface area contributed by atoms with Crippen LogP contribution in [0.1, 0.15) is 13.8 Å². The molecule has 11 heavy (non-hydrogen) atoms. The molecule has 0 spiro atoms. The fraction of sp³-hybridized carbons (Fsp3) is 0.333. The molecule has 60 valence electrons. The highest BCUT2D eigenvalue weighted by Crippen LogP contribution is 2.18. The van der Waals surface area contributed by atoms with Gasteiger partial charge in [-0.25, -0.2) is 0 Å². The van der Waals surface area contributed by atoms with Gasteiger partial charge in [0.1, 0.15) is 0 Å². The molecule has 0 saturated heterocycles. The highest BCUT2D eigenvalue weighted by atomic mass is 32.1. The van der Waals surface area contributed by atoms with Crippen molar-refractivity contribution in [3.05, 3.63) is 24.3 Å². The van der Waals surface area contributed by atoms with Gasteiger partial charge in [-0.15, -0.1) is 12.6 Å². The van der Waals surface area contributed by atoms with Gasteiger partial charge in [-0.1, -0.05) is 12.1 Å². The average molecular weight is 167 g/mol. The molecule has 0 fully saturated rings. The van der Waals surface area contributed by atoms with Crippen LogP contribution in [0.25, 0.3) is 0 Å². The summed E-state index contributed by atoms with van der Waals surface area (Å²) in [5.41, 5.74) is 1.10. The summed E-state index contributed by atoms with van der Waals surface area (Å²) in [6.45, 7) is 4.22. The number of anilines is 1. The highest BCUT2D eigenvalue weighted by Gasteiger charge is 1.97. The number of rotatable bonds is 2. The number of nitrogens with one attached hydrogen (secondary N) is 1. The third-order valence-corrected chi connectivity index (χ3v) is 1.74. The van der Waals surface area contributed by atoms with Gasteiger partial charge in [-0.05, 0) is 26.0 Å². The maximum atomic E-state index is 4.31. The Morgan fingerprint density at radius 3 is 2.45 bits per heavy atom. The normalized spacial score (nSPS) is 10.2. The number of hydrogen-bond acceptors (Lipinski definition) is 2. The van der Waals surface area contributed by atoms with Crippen LogP contribution >= 0.6 is 12.6 Å². The minimum atomic E-state index is 0.461. The smallest absolute Gasteiger partial charge is 0.0477 e. The van der Waals surface area contributed by atoms with Crippen molar-refractivity contribution >= 4 is 18.3 Å². The predicted octanol–water partition coefficient (Wildman–Crippen LogP) is 2.80. The molecule has 0 aliphatic rings. The topological polar surface area (TPSA) is 12.0 Å². The second kappa shape index (κ2) is 3.67. The molecule has 1 N–H and O–H groups in total. The van der Waals surface area contributed by atoms with Crippen molar-refractivity contribution in [2.45, 2.75) is 24.8 Å². The van der Waals surface area contributed by atoms with E-state index in [4.69, 9.17) is 0 Å². The summed E-state index contributed by atoms with van der Waals surface area (Å²) in [5.74, 6) is 0. The molecule has 0 radical (unpaired) electrons. The van der Waals surface area contributed by atoms with Gasteiger partial charge in [0.25, 0.3) is 0 Å². The Bertz CT molecular complexity index is 233. The van der Waals surface area contributed by atoms with E-state index in [1.165, 1.54) is 0 Å². The van der Waals surface area contributed by atoms with Crippen LogP contribution in [-0.4, -0.2) is 6.04 Å². The molecule has 1 rings (SSSR count). The number of para-hydroxylation sites is 1. The SMILES string of the molecule is CC(C)Nc1ccccc1S. The van der Waals surface area contributed by atoms with Gasteiger partial charge in [0.05, 0.1) is 0 Å². The number of hydrogen-bond donors (Lipinski definition) is 2. The predicted molar refractivity (Wildman–Crippen MR) is 52.5 cm³/mol. The fourth-order valence-corrected chi connectivity index (χ4v) is 1.13. The van der Waals surface area contributed by atoms with Crippen molar-refractivity contribution in [3.8, 4) is 0 Å². The van der Waals surface area contributed by atoms with Gasteiger partial charge < -0.3 is 5.32 Å². The first kappa shape index (κ1) is 8.47. The Kier molecular flexibility index (Phi) is 2.83. The average Bonchev–Trinajstić information content (AvgIpc) is 1.93. The maximum absolute atomic E-state index is 4.31. The molecule has 1 aromatic rings. The lowest BCUT2D eigenvalue weighted by atomic mass is 10.3. The van der Waals surface area contributed by atoms with Gasteiger partial charge in [-0.3, -0.25) is 0 Å². The van der Waals surface area contributed by atoms with E-state index in [1.54, 1.807) is 0 Å². The molecule has 0 atom stereocenters. The van der Waals surface area contributed by atoms with E-state index in [0.717, 1.165) is 10.6 Å². The monoisotopic (exact) mass is 167 g/mol. The second-order valence-electron chi connectivity index (χ2n) is 2.82. The van der Waals surface area contributed by atoms with Crippen molar-refractivity contribution in [1.29, 1.82) is 0 Å². The largest absolute Gasteiger partial charge is 0.382 e. The minimum Gasteiger partial charge on any atom is -0.382 e. The summed E-state index contributed by atoms with van der Waals surface area (Å²) in [7, 11) is 0. The molecule has 0 aliphatic heterocycles. The summed E-state index contributed by atoms with van der Waals surface area (Å²) in [6.07, 6.45) is 0. The van der Waals surface area contributed by atoms with E-state index in [2.05, 4.69) is 31.8 Å². The first-order chi connectivity index (χ1) is 5.20. The Morgan fingerprint density at radius 2 is 1.91 bits per heavy atom. The zero-order valence-electron chi connectivity index (χ0n) is 6.83. The second-order valence-corrected chi connectivity index (χ2v) is 3.30. The molecule has 0 aliphatic carbocycles. The number of benzene rings is 1. The summed E-state index contributed by atoms with van der Waals surface area (Å²) in [4.78, 5) is 1.00. The van der Waals surface area contributed by atoms with Crippen LogP contribution in [0, 0.1) is 0 Å². The molecule has 2 heteroatoms. The van der Waals surface area contributed by atoms with E-state index in [-0.39, 0.29) is 0 Å². The van der Waals surface area contributed by atoms with Gasteiger partial charge in [0, 0.05) is 16.6 Å². The lowest BCUT2D eigenvalue weighted by molar-refractivity contribution is 0.894. The first-order valence-corrected chi connectivity index (χ1v) is 4.19. The maximum Gasteiger partial charge on any atom is 0.0477 e. The molecule has 1 aromatic carbocycles. The lowest BCUT2D eigenvalue weighted by Crippen LogP contribution is -2.09. The lowest BCUT2D eigenvalue weighted by Gasteiger charge is -2.11. The first-order valence-electron chi connectivity index (χ1n) is 3.74. The Balaban J connectivity index is 2.78. The van der Waals surface area contributed by atoms with Crippen LogP contribution in [0.4, 0.5) is 5.69 Å². The van der Waals surface area contributed by atoms with Crippen molar-refractivity contribution < 1.29 is 0 Å². The summed E-state index contributed by atoms with van der Waals surface area (Å²) >= 11 is 4.31. The zero-order chi connectivity index (χ0) is 8.27. The van der Waals surface area contributed by atoms with Crippen molar-refractivity contribution in [1.82, 2.24) is 0 Å². The van der Waals surface area contributed by atoms with Crippen LogP contribution < -0.4 is 5.32 Å². The molecule has 0 saturated carbocycles. The summed E-state index contributed by atoms with van der Waals surface area (Å²) in [6, 6.07) is 8.46. The van der Waals surface area contributed by atoms with Crippen LogP contribution in [-0.2, 0) is 0 Å². The molecule has 0 heterocycles. The Labute approximate surface area is 73.2 Å². The molecule has 0 bridgehead atoms. The standard InChI is InChI=1S/C9H13NS/c1-7(2)10-8-5-3-4-6-9(8)11/h3-7,10-11H,1-2H3. The molecular weight excluding hydrogens is 154 g/mol. The van der Waals surface area contributed by atoms with Crippen LogP contribution in [0.5, 0.6) is 0 Å². The highest BCUT2D eigenvalue weighted by molar-refractivity contribution is 7.80. The van der Waals surface area contributed by atoms with Crippen molar-refractivity contribution in [2.24, 2.45) is 0 Å². The molecule has 0 unspecified atom stereocenters. The van der Waals surface area contributed by atoms with Crippen molar-refractivity contribution in [2.75, 3.05) is 5.32 Å². The van der Waals surface area contributed by atoms with Gasteiger partial charge in [-0.2, -0.15) is 0 Å². The molecule has 0 amide bonds. The van der Waals surface area contributed by atoms with E-state index >= 15 is 0 Å². The molecular formula is C9H13NS. The summed E-state index contributed by atoms with van der Waals surface area (Å²) in [5, 5.41) is 3.30. The Morgan fingerprint density at radius 1 is 1.27 bits per heavy atom. The third-order valence-electron chi connectivity index (χ3n) is 1.35. The van der Waals surface area contributed by atoms with Crippen LogP contribution in [0.3, 0.4) is 0 Å². The minimum absolute atomic E-state index is 0.461. The third kappa shape index (κ3) is 2.46. The molecule has 1 nitrogen and oxygen atoms in total. The van der Waals surface area contributed by atoms with E-state index < -0.39 is 0 Å². The molecule has 0 aromatic heterocycles. The quantitative estimate of drug-likeness (QED) is 0.645. The summed E-state index contributed by atoms with van der Waals surface area (Å²) < 4.78 is 0. The van der Waals surface area contributed by atoms with Crippen LogP contribution in [0.2, 0.25) is 0 Å². The zero-order valence-corrected chi connectivity index (χ0v) is 7.73. The van der Waals surface area contributed by atoms with E-state index in [0.29, 0.717) is 6.04 Å². The van der Waals surface area contributed by atoms with Gasteiger partial charge in [0.2, 0.25) is 0 Å². The van der Waals surface area contributed by atoms with Crippen LogP contribution in [0.15, 0.2) is 29.2 Å². The fourth-order valence-electron chi connectivity index (χ4n) is 0.907. The number of thiol groups is 1. The van der Waals surface area contributed by atoms with E-state index in [9.17, 15) is 0 Å². The van der Waals surface area contributed by atoms with Gasteiger partial charge >= 0.3 is 0 Å². The van der Waals surface area contributed by atoms with E-state index in [1.807, 2.05) is 24.3 Å². The van der Waals surface area contributed by atoms with Gasteiger partial charge in [0.15, 0.2) is 0 Å². The van der Waals surface area contributed by atoms with Crippen molar-refractivity contribution in [3.63, 3.8) is 0 Å².